The predicted molar refractivity (Wildman–Crippen MR) is 81.3 cm³/mol. The van der Waals surface area contributed by atoms with Crippen LogP contribution in [0, 0.1) is 5.92 Å². The van der Waals surface area contributed by atoms with Crippen LogP contribution in [0.3, 0.4) is 0 Å². The average molecular weight is 306 g/mol. The van der Waals surface area contributed by atoms with Gasteiger partial charge in [0.15, 0.2) is 5.16 Å². The van der Waals surface area contributed by atoms with E-state index >= 15 is 0 Å². The number of hydrogen-bond donors (Lipinski definition) is 1. The molecular weight excluding hydrogens is 284 g/mol. The van der Waals surface area contributed by atoms with Crippen LogP contribution in [0.15, 0.2) is 5.16 Å². The fourth-order valence-corrected chi connectivity index (χ4v) is 3.65. The zero-order valence-electron chi connectivity index (χ0n) is 12.4. The van der Waals surface area contributed by atoms with Gasteiger partial charge in [-0.3, -0.25) is 4.79 Å². The SMILES string of the molecule is C[C@@H](NC(=O)CSc1nnc(C2CC2)n1C1CC1)C1CC1. The Morgan fingerprint density at radius 2 is 2.05 bits per heavy atom. The Morgan fingerprint density at radius 1 is 1.29 bits per heavy atom. The number of nitrogens with zero attached hydrogens (tertiary/aromatic N) is 3. The smallest absolute Gasteiger partial charge is 0.230 e. The molecule has 114 valence electrons. The van der Waals surface area contributed by atoms with Gasteiger partial charge in [-0.15, -0.1) is 10.2 Å². The molecular formula is C15H22N4OS. The van der Waals surface area contributed by atoms with Crippen LogP contribution in [0.5, 0.6) is 0 Å². The standard InChI is InChI=1S/C15H22N4OS/c1-9(10-2-3-10)16-13(20)8-21-15-18-17-14(11-4-5-11)19(15)12-6-7-12/h9-12H,2-8H2,1H3,(H,16,20)/t9-/m1/s1. The second kappa shape index (κ2) is 5.30. The summed E-state index contributed by atoms with van der Waals surface area (Å²) in [5, 5.41) is 12.7. The maximum absolute atomic E-state index is 12.0. The summed E-state index contributed by atoms with van der Waals surface area (Å²) in [7, 11) is 0. The highest BCUT2D eigenvalue weighted by Crippen LogP contribution is 2.45. The number of rotatable bonds is 7. The van der Waals surface area contributed by atoms with Gasteiger partial charge < -0.3 is 9.88 Å². The van der Waals surface area contributed by atoms with Crippen molar-refractivity contribution in [1.82, 2.24) is 20.1 Å². The van der Waals surface area contributed by atoms with E-state index in [-0.39, 0.29) is 5.91 Å². The van der Waals surface area contributed by atoms with E-state index in [4.69, 9.17) is 0 Å². The highest BCUT2D eigenvalue weighted by Gasteiger charge is 2.36. The maximum atomic E-state index is 12.0. The van der Waals surface area contributed by atoms with Gasteiger partial charge in [0.2, 0.25) is 5.91 Å². The molecule has 0 spiro atoms. The molecule has 6 heteroatoms. The number of carbonyl (C=O) groups excluding carboxylic acids is 1. The van der Waals surface area contributed by atoms with Crippen molar-refractivity contribution in [2.75, 3.05) is 5.75 Å². The Balaban J connectivity index is 1.36. The third kappa shape index (κ3) is 3.10. The third-order valence-corrected chi connectivity index (χ3v) is 5.54. The Morgan fingerprint density at radius 3 is 2.67 bits per heavy atom. The molecule has 3 aliphatic rings. The summed E-state index contributed by atoms with van der Waals surface area (Å²) in [6, 6.07) is 0.910. The van der Waals surface area contributed by atoms with Gasteiger partial charge in [-0.05, 0) is 51.4 Å². The van der Waals surface area contributed by atoms with Crippen molar-refractivity contribution >= 4 is 17.7 Å². The van der Waals surface area contributed by atoms with E-state index in [2.05, 4.69) is 27.0 Å². The Bertz CT molecular complexity index is 546. The molecule has 0 saturated heterocycles. The number of thioether (sulfide) groups is 1. The zero-order chi connectivity index (χ0) is 14.4. The largest absolute Gasteiger partial charge is 0.353 e. The van der Waals surface area contributed by atoms with Gasteiger partial charge in [-0.25, -0.2) is 0 Å². The Labute approximate surface area is 129 Å². The van der Waals surface area contributed by atoms with Crippen LogP contribution >= 0.6 is 11.8 Å². The lowest BCUT2D eigenvalue weighted by Gasteiger charge is -2.12. The van der Waals surface area contributed by atoms with Gasteiger partial charge >= 0.3 is 0 Å². The van der Waals surface area contributed by atoms with Crippen molar-refractivity contribution in [3.8, 4) is 0 Å². The lowest BCUT2D eigenvalue weighted by Crippen LogP contribution is -2.35. The topological polar surface area (TPSA) is 59.8 Å². The number of hydrogen-bond acceptors (Lipinski definition) is 4. The molecule has 0 aliphatic heterocycles. The molecule has 3 aliphatic carbocycles. The van der Waals surface area contributed by atoms with Crippen LogP contribution in [0.4, 0.5) is 0 Å². The van der Waals surface area contributed by atoms with Crippen LogP contribution in [0.1, 0.15) is 63.2 Å². The monoisotopic (exact) mass is 306 g/mol. The minimum Gasteiger partial charge on any atom is -0.353 e. The van der Waals surface area contributed by atoms with Gasteiger partial charge in [0.05, 0.1) is 5.75 Å². The lowest BCUT2D eigenvalue weighted by molar-refractivity contribution is -0.119. The van der Waals surface area contributed by atoms with E-state index in [9.17, 15) is 4.79 Å². The van der Waals surface area contributed by atoms with Gasteiger partial charge in [0.1, 0.15) is 5.82 Å². The molecule has 5 nitrogen and oxygen atoms in total. The summed E-state index contributed by atoms with van der Waals surface area (Å²) in [5.41, 5.74) is 0. The summed E-state index contributed by atoms with van der Waals surface area (Å²) < 4.78 is 2.31. The summed E-state index contributed by atoms with van der Waals surface area (Å²) in [6.45, 7) is 2.11. The zero-order valence-corrected chi connectivity index (χ0v) is 13.2. The summed E-state index contributed by atoms with van der Waals surface area (Å²) in [6.07, 6.45) is 7.47. The van der Waals surface area contributed by atoms with Crippen molar-refractivity contribution in [3.63, 3.8) is 0 Å². The molecule has 1 amide bonds. The second-order valence-corrected chi connectivity index (χ2v) is 7.64. The van der Waals surface area contributed by atoms with Gasteiger partial charge in [0.25, 0.3) is 0 Å². The fourth-order valence-electron chi connectivity index (χ4n) is 2.82. The van der Waals surface area contributed by atoms with Crippen LogP contribution in [0.2, 0.25) is 0 Å². The Hall–Kier alpha value is -1.04. The first-order valence-electron chi connectivity index (χ1n) is 8.09. The van der Waals surface area contributed by atoms with Crippen molar-refractivity contribution in [1.29, 1.82) is 0 Å². The van der Waals surface area contributed by atoms with Crippen LogP contribution < -0.4 is 5.32 Å². The van der Waals surface area contributed by atoms with E-state index in [1.54, 1.807) is 11.8 Å². The van der Waals surface area contributed by atoms with Gasteiger partial charge in [0, 0.05) is 18.0 Å². The predicted octanol–water partition coefficient (Wildman–Crippen LogP) is 2.50. The quantitative estimate of drug-likeness (QED) is 0.786. The molecule has 4 rings (SSSR count). The Kier molecular flexibility index (Phi) is 3.44. The molecule has 0 bridgehead atoms. The molecule has 1 aromatic rings. The highest BCUT2D eigenvalue weighted by atomic mass is 32.2. The normalized spacial score (nSPS) is 23.1. The van der Waals surface area contributed by atoms with E-state index in [0.29, 0.717) is 29.7 Å². The van der Waals surface area contributed by atoms with E-state index in [1.165, 1.54) is 38.5 Å². The summed E-state index contributed by atoms with van der Waals surface area (Å²) in [4.78, 5) is 12.0. The lowest BCUT2D eigenvalue weighted by atomic mass is 10.2. The number of amides is 1. The molecule has 0 radical (unpaired) electrons. The van der Waals surface area contributed by atoms with Gasteiger partial charge in [-0.2, -0.15) is 0 Å². The molecule has 21 heavy (non-hydrogen) atoms. The molecule has 1 aromatic heterocycles. The highest BCUT2D eigenvalue weighted by molar-refractivity contribution is 7.99. The minimum atomic E-state index is 0.123. The van der Waals surface area contributed by atoms with Crippen LogP contribution in [-0.2, 0) is 4.79 Å². The van der Waals surface area contributed by atoms with E-state index < -0.39 is 0 Å². The van der Waals surface area contributed by atoms with Crippen LogP contribution in [0.25, 0.3) is 0 Å². The van der Waals surface area contributed by atoms with E-state index in [1.807, 2.05) is 0 Å². The average Bonchev–Trinajstić information content (AvgIpc) is 3.34. The first-order chi connectivity index (χ1) is 10.2. The number of carbonyl (C=O) groups is 1. The van der Waals surface area contributed by atoms with E-state index in [0.717, 1.165) is 11.0 Å². The first kappa shape index (κ1) is 13.6. The number of aromatic nitrogens is 3. The molecule has 1 atom stereocenters. The molecule has 0 aromatic carbocycles. The van der Waals surface area contributed by atoms with Gasteiger partial charge in [-0.1, -0.05) is 11.8 Å². The number of nitrogens with one attached hydrogen (secondary N) is 1. The third-order valence-electron chi connectivity index (χ3n) is 4.60. The van der Waals surface area contributed by atoms with Crippen molar-refractivity contribution < 1.29 is 4.79 Å². The molecule has 1 heterocycles. The molecule has 0 unspecified atom stereocenters. The van der Waals surface area contributed by atoms with Crippen molar-refractivity contribution in [3.05, 3.63) is 5.82 Å². The molecule has 3 fully saturated rings. The molecule has 3 saturated carbocycles. The van der Waals surface area contributed by atoms with Crippen molar-refractivity contribution in [2.45, 2.75) is 68.6 Å². The molecule has 1 N–H and O–H groups in total. The second-order valence-electron chi connectivity index (χ2n) is 6.70. The first-order valence-corrected chi connectivity index (χ1v) is 9.08. The van der Waals surface area contributed by atoms with Crippen LogP contribution in [-0.4, -0.2) is 32.5 Å². The fraction of sp³-hybridized carbons (Fsp3) is 0.800. The maximum Gasteiger partial charge on any atom is 0.230 e. The minimum absolute atomic E-state index is 0.123. The summed E-state index contributed by atoms with van der Waals surface area (Å²) in [5.74, 6) is 3.06. The summed E-state index contributed by atoms with van der Waals surface area (Å²) >= 11 is 1.54. The van der Waals surface area contributed by atoms with Crippen molar-refractivity contribution in [2.24, 2.45) is 5.92 Å².